The Morgan fingerprint density at radius 2 is 2.20 bits per heavy atom. The van der Waals surface area contributed by atoms with Crippen molar-refractivity contribution in [2.45, 2.75) is 24.8 Å². The van der Waals surface area contributed by atoms with Crippen molar-refractivity contribution < 1.29 is 8.42 Å². The van der Waals surface area contributed by atoms with Gasteiger partial charge in [0.25, 0.3) is 0 Å². The minimum Gasteiger partial charge on any atom is -0.316 e. The van der Waals surface area contributed by atoms with E-state index in [2.05, 4.69) is 10.0 Å². The number of hydrogen-bond donors (Lipinski definition) is 2. The van der Waals surface area contributed by atoms with Gasteiger partial charge in [0.1, 0.15) is 0 Å². The van der Waals surface area contributed by atoms with Crippen molar-refractivity contribution in [2.75, 3.05) is 25.1 Å². The first-order valence-electron chi connectivity index (χ1n) is 6.85. The zero-order valence-corrected chi connectivity index (χ0v) is 13.6. The molecular formula is C14H22N2O2S2. The Hall–Kier alpha value is -0.560. The topological polar surface area (TPSA) is 58.2 Å². The molecule has 0 aliphatic carbocycles. The quantitative estimate of drug-likeness (QED) is 0.840. The van der Waals surface area contributed by atoms with E-state index in [0.29, 0.717) is 23.9 Å². The van der Waals surface area contributed by atoms with Crippen LogP contribution in [0.1, 0.15) is 17.5 Å². The molecule has 1 saturated heterocycles. The average molecular weight is 314 g/mol. The number of benzene rings is 1. The van der Waals surface area contributed by atoms with E-state index in [1.54, 1.807) is 12.1 Å². The third kappa shape index (κ3) is 3.75. The minimum absolute atomic E-state index is 0.399. The van der Waals surface area contributed by atoms with Crippen LogP contribution in [0.3, 0.4) is 0 Å². The van der Waals surface area contributed by atoms with Gasteiger partial charge in [0.2, 0.25) is 10.0 Å². The first-order chi connectivity index (χ1) is 9.54. The van der Waals surface area contributed by atoms with Gasteiger partial charge in [0.05, 0.1) is 4.90 Å². The molecule has 20 heavy (non-hydrogen) atoms. The lowest BCUT2D eigenvalue weighted by molar-refractivity contribution is 0.545. The summed E-state index contributed by atoms with van der Waals surface area (Å²) in [5, 5.41) is 3.06. The van der Waals surface area contributed by atoms with Gasteiger partial charge in [-0.3, -0.25) is 0 Å². The fourth-order valence-corrected chi connectivity index (χ4v) is 5.07. The van der Waals surface area contributed by atoms with Crippen LogP contribution in [0.15, 0.2) is 23.1 Å². The molecule has 4 nitrogen and oxygen atoms in total. The average Bonchev–Trinajstić information content (AvgIpc) is 2.92. The van der Waals surface area contributed by atoms with Gasteiger partial charge in [-0.05, 0) is 55.0 Å². The summed E-state index contributed by atoms with van der Waals surface area (Å²) in [5.74, 6) is 2.67. The smallest absolute Gasteiger partial charge is 0.240 e. The highest BCUT2D eigenvalue weighted by Gasteiger charge is 2.21. The Balaban J connectivity index is 2.13. The fraction of sp³-hybridized carbons (Fsp3) is 0.571. The van der Waals surface area contributed by atoms with Crippen LogP contribution in [-0.2, 0) is 16.6 Å². The summed E-state index contributed by atoms with van der Waals surface area (Å²) in [4.78, 5) is 0.399. The third-order valence-corrected chi connectivity index (χ3v) is 6.44. The third-order valence-electron chi connectivity index (χ3n) is 3.64. The second kappa shape index (κ2) is 6.93. The molecule has 0 spiro atoms. The highest BCUT2D eigenvalue weighted by Crippen LogP contribution is 2.24. The lowest BCUT2D eigenvalue weighted by atomic mass is 10.1. The van der Waals surface area contributed by atoms with Crippen LogP contribution in [0.5, 0.6) is 0 Å². The molecule has 1 aliphatic heterocycles. The van der Waals surface area contributed by atoms with Gasteiger partial charge >= 0.3 is 0 Å². The molecule has 0 bridgehead atoms. The summed E-state index contributed by atoms with van der Waals surface area (Å²) in [7, 11) is -1.55. The zero-order valence-electron chi connectivity index (χ0n) is 12.0. The van der Waals surface area contributed by atoms with Gasteiger partial charge in [-0.1, -0.05) is 12.1 Å². The Bertz CT molecular complexity index is 552. The summed E-state index contributed by atoms with van der Waals surface area (Å²) in [6, 6.07) is 5.44. The number of rotatable bonds is 6. The standard InChI is InChI=1S/C14H22N2O2S2/c1-11-13(9-15-2)4-3-5-14(11)20(17,18)16-8-12-6-7-19-10-12/h3-5,12,15-16H,6-10H2,1-2H3. The fourth-order valence-electron chi connectivity index (χ4n) is 2.38. The van der Waals surface area contributed by atoms with Crippen LogP contribution in [-0.4, -0.2) is 33.5 Å². The first-order valence-corrected chi connectivity index (χ1v) is 9.49. The van der Waals surface area contributed by atoms with Crippen molar-refractivity contribution in [3.8, 4) is 0 Å². The highest BCUT2D eigenvalue weighted by molar-refractivity contribution is 7.99. The zero-order chi connectivity index (χ0) is 14.6. The lowest BCUT2D eigenvalue weighted by Gasteiger charge is -2.14. The number of sulfonamides is 1. The molecule has 0 radical (unpaired) electrons. The van der Waals surface area contributed by atoms with E-state index < -0.39 is 10.0 Å². The van der Waals surface area contributed by atoms with Crippen molar-refractivity contribution in [3.63, 3.8) is 0 Å². The van der Waals surface area contributed by atoms with Crippen LogP contribution < -0.4 is 10.0 Å². The number of nitrogens with one attached hydrogen (secondary N) is 2. The molecule has 1 unspecified atom stereocenters. The van der Waals surface area contributed by atoms with Gasteiger partial charge in [0, 0.05) is 13.1 Å². The highest BCUT2D eigenvalue weighted by atomic mass is 32.2. The van der Waals surface area contributed by atoms with E-state index in [4.69, 9.17) is 0 Å². The van der Waals surface area contributed by atoms with Crippen LogP contribution in [0, 0.1) is 12.8 Å². The molecule has 2 rings (SSSR count). The maximum atomic E-state index is 12.4. The largest absolute Gasteiger partial charge is 0.316 e. The van der Waals surface area contributed by atoms with Gasteiger partial charge in [0.15, 0.2) is 0 Å². The van der Waals surface area contributed by atoms with Gasteiger partial charge in [-0.15, -0.1) is 0 Å². The Kier molecular flexibility index (Phi) is 5.49. The normalized spacial score (nSPS) is 19.4. The molecule has 1 atom stereocenters. The summed E-state index contributed by atoms with van der Waals surface area (Å²) >= 11 is 1.90. The van der Waals surface area contributed by atoms with Crippen molar-refractivity contribution in [3.05, 3.63) is 29.3 Å². The van der Waals surface area contributed by atoms with Gasteiger partial charge in [-0.25, -0.2) is 13.1 Å². The first kappa shape index (κ1) is 15.8. The molecule has 1 aromatic rings. The molecule has 1 aliphatic rings. The van der Waals surface area contributed by atoms with Gasteiger partial charge < -0.3 is 5.32 Å². The maximum absolute atomic E-state index is 12.4. The van der Waals surface area contributed by atoms with E-state index in [1.807, 2.05) is 31.8 Å². The minimum atomic E-state index is -3.41. The molecule has 0 aromatic heterocycles. The predicted octanol–water partition coefficient (Wildman–Crippen LogP) is 1.75. The van der Waals surface area contributed by atoms with Crippen molar-refractivity contribution in [2.24, 2.45) is 5.92 Å². The molecule has 0 amide bonds. The molecule has 2 N–H and O–H groups in total. The number of hydrogen-bond acceptors (Lipinski definition) is 4. The van der Waals surface area contributed by atoms with Gasteiger partial charge in [-0.2, -0.15) is 11.8 Å². The van der Waals surface area contributed by atoms with E-state index in [9.17, 15) is 8.42 Å². The van der Waals surface area contributed by atoms with Crippen molar-refractivity contribution >= 4 is 21.8 Å². The predicted molar refractivity (Wildman–Crippen MR) is 84.6 cm³/mol. The monoisotopic (exact) mass is 314 g/mol. The molecular weight excluding hydrogens is 292 g/mol. The Morgan fingerprint density at radius 1 is 1.40 bits per heavy atom. The van der Waals surface area contributed by atoms with Crippen LogP contribution in [0.4, 0.5) is 0 Å². The Labute approximate surface area is 125 Å². The van der Waals surface area contributed by atoms with Crippen LogP contribution in [0.2, 0.25) is 0 Å². The summed E-state index contributed by atoms with van der Waals surface area (Å²) in [6.07, 6.45) is 1.10. The Morgan fingerprint density at radius 3 is 2.85 bits per heavy atom. The molecule has 1 fully saturated rings. The molecule has 1 aromatic carbocycles. The molecule has 112 valence electrons. The summed E-state index contributed by atoms with van der Waals surface area (Å²) < 4.78 is 27.6. The molecule has 6 heteroatoms. The summed E-state index contributed by atoms with van der Waals surface area (Å²) in [6.45, 7) is 3.09. The molecule has 0 saturated carbocycles. The maximum Gasteiger partial charge on any atom is 0.240 e. The van der Waals surface area contributed by atoms with Crippen molar-refractivity contribution in [1.29, 1.82) is 0 Å². The molecule has 1 heterocycles. The van der Waals surface area contributed by atoms with E-state index in [-0.39, 0.29) is 0 Å². The van der Waals surface area contributed by atoms with E-state index in [0.717, 1.165) is 29.1 Å². The second-order valence-corrected chi connectivity index (χ2v) is 8.04. The van der Waals surface area contributed by atoms with Crippen LogP contribution in [0.25, 0.3) is 0 Å². The van der Waals surface area contributed by atoms with E-state index >= 15 is 0 Å². The lowest BCUT2D eigenvalue weighted by Crippen LogP contribution is -2.30. The van der Waals surface area contributed by atoms with Crippen LogP contribution >= 0.6 is 11.8 Å². The van der Waals surface area contributed by atoms with E-state index in [1.165, 1.54) is 0 Å². The second-order valence-electron chi connectivity index (χ2n) is 5.15. The SMILES string of the molecule is CNCc1cccc(S(=O)(=O)NCC2CCSC2)c1C. The number of thioether (sulfide) groups is 1. The summed E-state index contributed by atoms with van der Waals surface area (Å²) in [5.41, 5.74) is 1.85. The van der Waals surface area contributed by atoms with Crippen molar-refractivity contribution in [1.82, 2.24) is 10.0 Å².